The van der Waals surface area contributed by atoms with E-state index in [4.69, 9.17) is 4.84 Å². The fourth-order valence-electron chi connectivity index (χ4n) is 1.05. The van der Waals surface area contributed by atoms with Crippen LogP contribution < -0.4 is 0 Å². The zero-order chi connectivity index (χ0) is 6.91. The van der Waals surface area contributed by atoms with Gasteiger partial charge in [0.1, 0.15) is 0 Å². The Bertz CT molecular complexity index is 138. The van der Waals surface area contributed by atoms with Gasteiger partial charge in [-0.25, -0.2) is 0 Å². The number of rotatable bonds is 0. The molecule has 0 N–H and O–H groups in total. The van der Waals surface area contributed by atoms with Crippen molar-refractivity contribution >= 4 is 6.21 Å². The van der Waals surface area contributed by atoms with Crippen molar-refractivity contribution in [1.82, 2.24) is 0 Å². The van der Waals surface area contributed by atoms with Crippen molar-refractivity contribution in [3.05, 3.63) is 0 Å². The van der Waals surface area contributed by atoms with Crippen molar-refractivity contribution in [2.24, 2.45) is 5.41 Å². The molecular formula is C7H14NO+. The average Bonchev–Trinajstić information content (AvgIpc) is 1.60. The van der Waals surface area contributed by atoms with Crippen LogP contribution in [-0.4, -0.2) is 24.6 Å². The van der Waals surface area contributed by atoms with E-state index in [0.717, 1.165) is 13.0 Å². The number of hydroxylamine groups is 1. The number of hydrogen-bond donors (Lipinski definition) is 0. The molecule has 0 amide bonds. The molecule has 0 aromatic rings. The van der Waals surface area contributed by atoms with Crippen molar-refractivity contribution in [3.8, 4) is 0 Å². The summed E-state index contributed by atoms with van der Waals surface area (Å²) in [6.07, 6.45) is 3.23. The highest BCUT2D eigenvalue weighted by Crippen LogP contribution is 2.19. The minimum atomic E-state index is 0.326. The highest BCUT2D eigenvalue weighted by molar-refractivity contribution is 5.59. The van der Waals surface area contributed by atoms with Crippen LogP contribution in [0.3, 0.4) is 0 Å². The lowest BCUT2D eigenvalue weighted by molar-refractivity contribution is -0.772. The maximum atomic E-state index is 5.19. The highest BCUT2D eigenvalue weighted by Gasteiger charge is 2.25. The standard InChI is InChI=1S/C7H14NO/c1-7(2)4-5-9-8(3)6-7/h6H,4-5H2,1-3H3/q+1. The summed E-state index contributed by atoms with van der Waals surface area (Å²) < 4.78 is 1.80. The predicted molar refractivity (Wildman–Crippen MR) is 36.6 cm³/mol. The van der Waals surface area contributed by atoms with Crippen LogP contribution in [-0.2, 0) is 4.84 Å². The molecular weight excluding hydrogens is 114 g/mol. The van der Waals surface area contributed by atoms with E-state index in [9.17, 15) is 0 Å². The molecule has 0 saturated heterocycles. The van der Waals surface area contributed by atoms with E-state index >= 15 is 0 Å². The molecule has 0 unspecified atom stereocenters. The SMILES string of the molecule is C[N+]1=CC(C)(C)CCO1. The second kappa shape index (κ2) is 2.01. The number of nitrogens with zero attached hydrogens (tertiary/aromatic N) is 1. The monoisotopic (exact) mass is 128 g/mol. The van der Waals surface area contributed by atoms with Gasteiger partial charge in [-0.2, -0.15) is 0 Å². The van der Waals surface area contributed by atoms with Gasteiger partial charge in [-0.3, -0.25) is 4.84 Å². The third-order valence-corrected chi connectivity index (χ3v) is 1.57. The Morgan fingerprint density at radius 3 is 2.56 bits per heavy atom. The third-order valence-electron chi connectivity index (χ3n) is 1.57. The first-order valence-electron chi connectivity index (χ1n) is 3.32. The van der Waals surface area contributed by atoms with E-state index in [1.807, 2.05) is 7.05 Å². The first kappa shape index (κ1) is 6.59. The second-order valence-electron chi connectivity index (χ2n) is 3.25. The molecule has 0 aliphatic carbocycles. The van der Waals surface area contributed by atoms with Gasteiger partial charge in [0.25, 0.3) is 0 Å². The Morgan fingerprint density at radius 2 is 2.22 bits per heavy atom. The Balaban J connectivity index is 2.68. The lowest BCUT2D eigenvalue weighted by Gasteiger charge is -2.19. The van der Waals surface area contributed by atoms with Gasteiger partial charge in [0.15, 0.2) is 19.9 Å². The van der Waals surface area contributed by atoms with Gasteiger partial charge in [-0.1, -0.05) is 13.8 Å². The largest absolute Gasteiger partial charge is 0.278 e. The van der Waals surface area contributed by atoms with E-state index in [0.29, 0.717) is 5.41 Å². The molecule has 1 rings (SSSR count). The fraction of sp³-hybridized carbons (Fsp3) is 0.857. The normalized spacial score (nSPS) is 24.6. The van der Waals surface area contributed by atoms with Gasteiger partial charge >= 0.3 is 0 Å². The van der Waals surface area contributed by atoms with Crippen molar-refractivity contribution in [2.45, 2.75) is 20.3 Å². The van der Waals surface area contributed by atoms with Crippen LogP contribution in [0.2, 0.25) is 0 Å². The minimum Gasteiger partial charge on any atom is -0.278 e. The van der Waals surface area contributed by atoms with Crippen molar-refractivity contribution in [2.75, 3.05) is 13.7 Å². The van der Waals surface area contributed by atoms with Crippen molar-refractivity contribution in [3.63, 3.8) is 0 Å². The molecule has 2 nitrogen and oxygen atoms in total. The van der Waals surface area contributed by atoms with Crippen LogP contribution in [0, 0.1) is 5.41 Å². The van der Waals surface area contributed by atoms with E-state index in [1.165, 1.54) is 0 Å². The summed E-state index contributed by atoms with van der Waals surface area (Å²) in [5.41, 5.74) is 0.326. The number of hydrogen-bond acceptors (Lipinski definition) is 1. The van der Waals surface area contributed by atoms with Crippen LogP contribution in [0.4, 0.5) is 0 Å². The first-order valence-corrected chi connectivity index (χ1v) is 3.32. The molecule has 0 saturated carbocycles. The third kappa shape index (κ3) is 1.70. The van der Waals surface area contributed by atoms with E-state index in [1.54, 1.807) is 4.74 Å². The quantitative estimate of drug-likeness (QED) is 0.444. The molecule has 1 aliphatic heterocycles. The van der Waals surface area contributed by atoms with E-state index in [2.05, 4.69) is 20.1 Å². The van der Waals surface area contributed by atoms with Crippen molar-refractivity contribution in [1.29, 1.82) is 0 Å². The average molecular weight is 128 g/mol. The lowest BCUT2D eigenvalue weighted by atomic mass is 9.91. The summed E-state index contributed by atoms with van der Waals surface area (Å²) in [6, 6.07) is 0. The summed E-state index contributed by atoms with van der Waals surface area (Å²) in [4.78, 5) is 5.19. The molecule has 0 atom stereocenters. The minimum absolute atomic E-state index is 0.326. The highest BCUT2D eigenvalue weighted by atomic mass is 16.7. The van der Waals surface area contributed by atoms with Gasteiger partial charge in [0, 0.05) is 11.8 Å². The van der Waals surface area contributed by atoms with Crippen LogP contribution in [0.5, 0.6) is 0 Å². The summed E-state index contributed by atoms with van der Waals surface area (Å²) in [5, 5.41) is 0. The smallest absolute Gasteiger partial charge is 0.197 e. The van der Waals surface area contributed by atoms with Gasteiger partial charge in [-0.15, -0.1) is 0 Å². The van der Waals surface area contributed by atoms with Crippen LogP contribution in [0.25, 0.3) is 0 Å². The Labute approximate surface area is 56.1 Å². The summed E-state index contributed by atoms with van der Waals surface area (Å²) in [7, 11) is 1.93. The second-order valence-corrected chi connectivity index (χ2v) is 3.25. The maximum absolute atomic E-state index is 5.19. The Kier molecular flexibility index (Phi) is 1.47. The molecule has 1 heterocycles. The zero-order valence-corrected chi connectivity index (χ0v) is 6.35. The molecule has 9 heavy (non-hydrogen) atoms. The molecule has 0 fully saturated rings. The summed E-state index contributed by atoms with van der Waals surface area (Å²) in [6.45, 7) is 5.28. The van der Waals surface area contributed by atoms with Crippen LogP contribution >= 0.6 is 0 Å². The molecule has 52 valence electrons. The van der Waals surface area contributed by atoms with E-state index < -0.39 is 0 Å². The molecule has 0 spiro atoms. The Morgan fingerprint density at radius 1 is 1.56 bits per heavy atom. The maximum Gasteiger partial charge on any atom is 0.197 e. The van der Waals surface area contributed by atoms with Crippen molar-refractivity contribution < 1.29 is 9.58 Å². The lowest BCUT2D eigenvalue weighted by Crippen LogP contribution is -2.29. The molecule has 0 aromatic heterocycles. The molecule has 1 aliphatic rings. The van der Waals surface area contributed by atoms with Gasteiger partial charge in [-0.05, 0) is 4.74 Å². The van der Waals surface area contributed by atoms with Gasteiger partial charge < -0.3 is 0 Å². The summed E-state index contributed by atoms with van der Waals surface area (Å²) in [5.74, 6) is 0. The van der Waals surface area contributed by atoms with Gasteiger partial charge in [0.2, 0.25) is 0 Å². The Hall–Kier alpha value is -0.530. The topological polar surface area (TPSA) is 12.2 Å². The fourth-order valence-corrected chi connectivity index (χ4v) is 1.05. The zero-order valence-electron chi connectivity index (χ0n) is 6.35. The predicted octanol–water partition coefficient (Wildman–Crippen LogP) is 1.06. The summed E-state index contributed by atoms with van der Waals surface area (Å²) >= 11 is 0. The molecule has 2 heteroatoms. The molecule has 0 radical (unpaired) electrons. The first-order chi connectivity index (χ1) is 4.10. The molecule has 0 bridgehead atoms. The van der Waals surface area contributed by atoms with Crippen LogP contribution in [0.1, 0.15) is 20.3 Å². The van der Waals surface area contributed by atoms with E-state index in [-0.39, 0.29) is 0 Å². The molecule has 0 aromatic carbocycles. The van der Waals surface area contributed by atoms with Gasteiger partial charge in [0.05, 0.1) is 0 Å². The van der Waals surface area contributed by atoms with Crippen LogP contribution in [0.15, 0.2) is 0 Å².